The molecule has 0 radical (unpaired) electrons. The van der Waals surface area contributed by atoms with E-state index in [-0.39, 0.29) is 5.91 Å². The lowest BCUT2D eigenvalue weighted by molar-refractivity contribution is 0.102. The molecule has 1 aliphatic heterocycles. The molecule has 1 fully saturated rings. The first-order valence-corrected chi connectivity index (χ1v) is 10.8. The largest absolute Gasteiger partial charge is 0.472 e. The quantitative estimate of drug-likeness (QED) is 0.474. The van der Waals surface area contributed by atoms with Gasteiger partial charge < -0.3 is 19.6 Å². The van der Waals surface area contributed by atoms with Gasteiger partial charge in [0.05, 0.1) is 22.9 Å². The second kappa shape index (κ2) is 8.78. The molecule has 2 N–H and O–H groups in total. The van der Waals surface area contributed by atoms with E-state index in [1.165, 1.54) is 23.7 Å². The highest BCUT2D eigenvalue weighted by molar-refractivity contribution is 6.03. The molecule has 1 aromatic carbocycles. The number of amides is 1. The van der Waals surface area contributed by atoms with E-state index in [0.717, 1.165) is 49.9 Å². The lowest BCUT2D eigenvalue weighted by Gasteiger charge is -2.31. The van der Waals surface area contributed by atoms with Crippen LogP contribution in [0, 0.1) is 0 Å². The van der Waals surface area contributed by atoms with Gasteiger partial charge in [-0.05, 0) is 67.6 Å². The lowest BCUT2D eigenvalue weighted by atomic mass is 9.90. The van der Waals surface area contributed by atoms with Gasteiger partial charge in [0.1, 0.15) is 12.1 Å². The number of benzene rings is 1. The number of aromatic nitrogens is 2. The number of carbonyl (C=O) groups is 1. The number of fused-ring (bicyclic) bond motifs is 1. The van der Waals surface area contributed by atoms with Gasteiger partial charge in [-0.2, -0.15) is 0 Å². The minimum atomic E-state index is -0.218. The van der Waals surface area contributed by atoms with Crippen LogP contribution in [0.5, 0.6) is 0 Å². The third-order valence-corrected chi connectivity index (χ3v) is 6.16. The molecule has 6 heteroatoms. The van der Waals surface area contributed by atoms with E-state index < -0.39 is 0 Å². The number of hydrogen-bond acceptors (Lipinski definition) is 4. The average molecular weight is 415 g/mol. The summed E-state index contributed by atoms with van der Waals surface area (Å²) in [5.41, 5.74) is 5.09. The molecule has 1 saturated heterocycles. The maximum atomic E-state index is 12.3. The average Bonchev–Trinajstić information content (AvgIpc) is 3.49. The number of anilines is 1. The summed E-state index contributed by atoms with van der Waals surface area (Å²) in [6.07, 6.45) is 8.34. The first-order chi connectivity index (χ1) is 15.3. The van der Waals surface area contributed by atoms with Gasteiger partial charge in [-0.3, -0.25) is 4.79 Å². The summed E-state index contributed by atoms with van der Waals surface area (Å²) in [6.45, 7) is 3.30. The Kier molecular flexibility index (Phi) is 5.54. The Morgan fingerprint density at radius 2 is 1.97 bits per heavy atom. The van der Waals surface area contributed by atoms with Crippen LogP contribution in [0.1, 0.15) is 40.2 Å². The Balaban J connectivity index is 1.23. The maximum Gasteiger partial charge on any atom is 0.260 e. The fraction of sp³-hybridized carbons (Fsp3) is 0.280. The van der Waals surface area contributed by atoms with Crippen molar-refractivity contribution in [3.8, 4) is 0 Å². The van der Waals surface area contributed by atoms with Crippen molar-refractivity contribution < 1.29 is 9.21 Å². The highest BCUT2D eigenvalue weighted by Gasteiger charge is 2.23. The summed E-state index contributed by atoms with van der Waals surface area (Å²) in [6, 6.07) is 16.1. The van der Waals surface area contributed by atoms with Crippen molar-refractivity contribution in [2.24, 2.45) is 0 Å². The number of furan rings is 1. The molecule has 1 aliphatic rings. The van der Waals surface area contributed by atoms with Crippen LogP contribution in [0.3, 0.4) is 0 Å². The summed E-state index contributed by atoms with van der Waals surface area (Å²) >= 11 is 0. The molecule has 4 heterocycles. The number of hydrogen-bond donors (Lipinski definition) is 2. The van der Waals surface area contributed by atoms with Crippen molar-refractivity contribution in [3.05, 3.63) is 83.9 Å². The Morgan fingerprint density at radius 3 is 2.74 bits per heavy atom. The van der Waals surface area contributed by atoms with Crippen molar-refractivity contribution in [1.82, 2.24) is 14.9 Å². The van der Waals surface area contributed by atoms with Gasteiger partial charge in [0.25, 0.3) is 5.91 Å². The molecule has 0 saturated carbocycles. The highest BCUT2D eigenvalue weighted by Crippen LogP contribution is 2.33. The zero-order valence-electron chi connectivity index (χ0n) is 17.4. The zero-order chi connectivity index (χ0) is 21.0. The molecule has 6 nitrogen and oxygen atoms in total. The van der Waals surface area contributed by atoms with E-state index in [4.69, 9.17) is 9.40 Å². The van der Waals surface area contributed by atoms with Crippen molar-refractivity contribution in [3.63, 3.8) is 0 Å². The number of aromatic amines is 1. The van der Waals surface area contributed by atoms with Crippen LogP contribution in [0.4, 0.5) is 5.82 Å². The number of carbonyl (C=O) groups excluding carboxylic acids is 1. The second-order valence-electron chi connectivity index (χ2n) is 8.15. The minimum Gasteiger partial charge on any atom is -0.472 e. The SMILES string of the molecule is O=C(Nc1ccc2[nH]cc(C3CCN(CCc4ccccc4)CC3)c2n1)c1ccoc1. The molecule has 0 spiro atoms. The molecule has 0 aliphatic carbocycles. The number of piperidine rings is 1. The van der Waals surface area contributed by atoms with Crippen LogP contribution >= 0.6 is 0 Å². The summed E-state index contributed by atoms with van der Waals surface area (Å²) in [5, 5.41) is 2.86. The molecule has 1 amide bonds. The van der Waals surface area contributed by atoms with Crippen LogP contribution in [-0.2, 0) is 6.42 Å². The molecule has 0 atom stereocenters. The van der Waals surface area contributed by atoms with Crippen molar-refractivity contribution in [1.29, 1.82) is 0 Å². The Labute approximate surface area is 181 Å². The molecule has 158 valence electrons. The van der Waals surface area contributed by atoms with Crippen LogP contribution in [0.2, 0.25) is 0 Å². The van der Waals surface area contributed by atoms with Crippen molar-refractivity contribution in [2.75, 3.05) is 25.0 Å². The van der Waals surface area contributed by atoms with Crippen molar-refractivity contribution in [2.45, 2.75) is 25.2 Å². The number of likely N-dealkylation sites (tertiary alicyclic amines) is 1. The number of nitrogens with one attached hydrogen (secondary N) is 2. The van der Waals surface area contributed by atoms with Gasteiger partial charge in [-0.25, -0.2) is 4.98 Å². The van der Waals surface area contributed by atoms with E-state index in [1.54, 1.807) is 6.07 Å². The second-order valence-corrected chi connectivity index (χ2v) is 8.15. The number of nitrogens with zero attached hydrogens (tertiary/aromatic N) is 2. The molecule has 0 bridgehead atoms. The van der Waals surface area contributed by atoms with E-state index in [9.17, 15) is 4.79 Å². The van der Waals surface area contributed by atoms with E-state index >= 15 is 0 Å². The fourth-order valence-corrected chi connectivity index (χ4v) is 4.38. The summed E-state index contributed by atoms with van der Waals surface area (Å²) in [7, 11) is 0. The van der Waals surface area contributed by atoms with Gasteiger partial charge >= 0.3 is 0 Å². The predicted octanol–water partition coefficient (Wildman–Crippen LogP) is 4.83. The zero-order valence-corrected chi connectivity index (χ0v) is 17.4. The van der Waals surface area contributed by atoms with Crippen LogP contribution in [-0.4, -0.2) is 40.4 Å². The number of pyridine rings is 1. The molecule has 31 heavy (non-hydrogen) atoms. The molecular weight excluding hydrogens is 388 g/mol. The fourth-order valence-electron chi connectivity index (χ4n) is 4.38. The molecular formula is C25H26N4O2. The molecule has 4 aromatic rings. The van der Waals surface area contributed by atoms with Crippen molar-refractivity contribution >= 4 is 22.8 Å². The van der Waals surface area contributed by atoms with Gasteiger partial charge in [-0.1, -0.05) is 30.3 Å². The number of H-pyrrole nitrogens is 1. The van der Waals surface area contributed by atoms with Gasteiger partial charge in [0, 0.05) is 12.7 Å². The van der Waals surface area contributed by atoms with Crippen LogP contribution in [0.25, 0.3) is 11.0 Å². The third-order valence-electron chi connectivity index (χ3n) is 6.16. The maximum absolute atomic E-state index is 12.3. The Hall–Kier alpha value is -3.38. The Bertz CT molecular complexity index is 1140. The molecule has 5 rings (SSSR count). The normalized spacial score (nSPS) is 15.4. The molecule has 3 aromatic heterocycles. The first kappa shape index (κ1) is 19.6. The third kappa shape index (κ3) is 4.39. The monoisotopic (exact) mass is 414 g/mol. The van der Waals surface area contributed by atoms with Gasteiger partial charge in [-0.15, -0.1) is 0 Å². The van der Waals surface area contributed by atoms with Gasteiger partial charge in [0.15, 0.2) is 0 Å². The predicted molar refractivity (Wildman–Crippen MR) is 121 cm³/mol. The van der Waals surface area contributed by atoms with Gasteiger partial charge in [0.2, 0.25) is 0 Å². The topological polar surface area (TPSA) is 74.2 Å². The minimum absolute atomic E-state index is 0.218. The molecule has 0 unspecified atom stereocenters. The van der Waals surface area contributed by atoms with Crippen LogP contribution < -0.4 is 5.32 Å². The highest BCUT2D eigenvalue weighted by atomic mass is 16.3. The summed E-state index contributed by atoms with van der Waals surface area (Å²) in [5.74, 6) is 0.818. The van der Waals surface area contributed by atoms with E-state index in [2.05, 4.69) is 51.7 Å². The van der Waals surface area contributed by atoms with E-state index in [0.29, 0.717) is 17.3 Å². The summed E-state index contributed by atoms with van der Waals surface area (Å²) in [4.78, 5) is 23.0. The smallest absolute Gasteiger partial charge is 0.260 e. The summed E-state index contributed by atoms with van der Waals surface area (Å²) < 4.78 is 4.99. The first-order valence-electron chi connectivity index (χ1n) is 10.8. The van der Waals surface area contributed by atoms with Crippen LogP contribution in [0.15, 0.2) is 71.7 Å². The number of rotatable bonds is 6. The Morgan fingerprint density at radius 1 is 1.13 bits per heavy atom. The standard InChI is InChI=1S/C25H26N4O2/c30-25(20-11-15-31-17-20)28-23-7-6-22-24(27-23)21(16-26-22)19-9-13-29(14-10-19)12-8-18-4-2-1-3-5-18/h1-7,11,15-17,19,26H,8-10,12-14H2,(H,27,28,30). The van der Waals surface area contributed by atoms with E-state index in [1.807, 2.05) is 12.1 Å². The lowest BCUT2D eigenvalue weighted by Crippen LogP contribution is -2.34.